The third kappa shape index (κ3) is 0.970. The molecular weight excluding hydrogens is 114 g/mol. The van der Waals surface area contributed by atoms with E-state index in [1.54, 1.807) is 0 Å². The Balaban J connectivity index is 1.97. The molecule has 0 amide bonds. The van der Waals surface area contributed by atoms with E-state index in [2.05, 4.69) is 5.32 Å². The Morgan fingerprint density at radius 3 is 3.22 bits per heavy atom. The van der Waals surface area contributed by atoms with E-state index in [1.165, 1.54) is 19.3 Å². The molecule has 1 saturated heterocycles. The van der Waals surface area contributed by atoms with Crippen molar-refractivity contribution in [2.45, 2.75) is 31.4 Å². The average Bonchev–Trinajstić information content (AvgIpc) is 2.33. The fraction of sp³-hybridized carbons (Fsp3) is 1.00. The molecular formula is C7H13NO. The van der Waals surface area contributed by atoms with Gasteiger partial charge in [-0.15, -0.1) is 0 Å². The van der Waals surface area contributed by atoms with Gasteiger partial charge in [-0.05, 0) is 19.3 Å². The van der Waals surface area contributed by atoms with Crippen LogP contribution in [0.1, 0.15) is 19.3 Å². The van der Waals surface area contributed by atoms with Crippen molar-refractivity contribution in [1.82, 2.24) is 5.32 Å². The first-order chi connectivity index (χ1) is 4.47. The fourth-order valence-electron chi connectivity index (χ4n) is 1.81. The number of ether oxygens (including phenoxy) is 1. The molecule has 0 aromatic carbocycles. The van der Waals surface area contributed by atoms with Gasteiger partial charge in [-0.25, -0.2) is 0 Å². The van der Waals surface area contributed by atoms with Crippen molar-refractivity contribution in [1.29, 1.82) is 0 Å². The van der Waals surface area contributed by atoms with Crippen LogP contribution in [0, 0.1) is 0 Å². The van der Waals surface area contributed by atoms with Crippen molar-refractivity contribution in [3.63, 3.8) is 0 Å². The summed E-state index contributed by atoms with van der Waals surface area (Å²) in [6.07, 6.45) is 4.50. The van der Waals surface area contributed by atoms with Crippen molar-refractivity contribution in [2.24, 2.45) is 0 Å². The van der Waals surface area contributed by atoms with Crippen LogP contribution in [-0.2, 0) is 4.74 Å². The summed E-state index contributed by atoms with van der Waals surface area (Å²) in [5, 5.41) is 3.46. The topological polar surface area (TPSA) is 21.3 Å². The van der Waals surface area contributed by atoms with Gasteiger partial charge < -0.3 is 10.1 Å². The Labute approximate surface area is 55.6 Å². The monoisotopic (exact) mass is 127 g/mol. The maximum atomic E-state index is 5.54. The van der Waals surface area contributed by atoms with Crippen LogP contribution < -0.4 is 5.32 Å². The van der Waals surface area contributed by atoms with Crippen LogP contribution in [0.5, 0.6) is 0 Å². The summed E-state index contributed by atoms with van der Waals surface area (Å²) in [5.41, 5.74) is 0. The van der Waals surface area contributed by atoms with Gasteiger partial charge in [0.2, 0.25) is 0 Å². The number of nitrogens with one attached hydrogen (secondary N) is 1. The summed E-state index contributed by atoms with van der Waals surface area (Å²) in [7, 11) is 0. The van der Waals surface area contributed by atoms with Crippen LogP contribution in [0.4, 0.5) is 0 Å². The Hall–Kier alpha value is -0.0800. The molecule has 1 aliphatic carbocycles. The third-order valence-corrected chi connectivity index (χ3v) is 2.29. The minimum absolute atomic E-state index is 0.554. The van der Waals surface area contributed by atoms with E-state index in [4.69, 9.17) is 4.74 Å². The van der Waals surface area contributed by atoms with Gasteiger partial charge in [0.1, 0.15) is 0 Å². The first-order valence-corrected chi connectivity index (χ1v) is 3.82. The summed E-state index contributed by atoms with van der Waals surface area (Å²) in [6.45, 7) is 1.97. The lowest BCUT2D eigenvalue weighted by molar-refractivity contribution is 0.0113. The van der Waals surface area contributed by atoms with E-state index >= 15 is 0 Å². The summed E-state index contributed by atoms with van der Waals surface area (Å²) in [6, 6.07) is 0.693. The maximum Gasteiger partial charge on any atom is 0.0728 e. The van der Waals surface area contributed by atoms with E-state index in [-0.39, 0.29) is 0 Å². The summed E-state index contributed by atoms with van der Waals surface area (Å²) in [5.74, 6) is 0. The molecule has 0 bridgehead atoms. The standard InChI is InChI=1S/C7H13NO/c1-2-6-7(3-1)9-5-4-8-6/h6-8H,1-5H2. The smallest absolute Gasteiger partial charge is 0.0728 e. The Bertz CT molecular complexity index is 93.1. The first kappa shape index (κ1) is 5.69. The van der Waals surface area contributed by atoms with Crippen LogP contribution in [0.15, 0.2) is 0 Å². The molecule has 2 unspecified atom stereocenters. The highest BCUT2D eigenvalue weighted by molar-refractivity contribution is 4.86. The average molecular weight is 127 g/mol. The molecule has 1 aliphatic heterocycles. The first-order valence-electron chi connectivity index (χ1n) is 3.82. The third-order valence-electron chi connectivity index (χ3n) is 2.29. The summed E-state index contributed by atoms with van der Waals surface area (Å²) < 4.78 is 5.54. The molecule has 9 heavy (non-hydrogen) atoms. The minimum Gasteiger partial charge on any atom is -0.375 e. The molecule has 2 fully saturated rings. The molecule has 0 radical (unpaired) electrons. The van der Waals surface area contributed by atoms with E-state index in [1.807, 2.05) is 0 Å². The molecule has 1 saturated carbocycles. The van der Waals surface area contributed by atoms with Crippen molar-refractivity contribution in [3.8, 4) is 0 Å². The number of morpholine rings is 1. The largest absolute Gasteiger partial charge is 0.375 e. The lowest BCUT2D eigenvalue weighted by Gasteiger charge is -2.26. The van der Waals surface area contributed by atoms with E-state index in [0.29, 0.717) is 12.1 Å². The Kier molecular flexibility index (Phi) is 1.44. The highest BCUT2D eigenvalue weighted by atomic mass is 16.5. The van der Waals surface area contributed by atoms with Gasteiger partial charge in [-0.2, -0.15) is 0 Å². The predicted octanol–water partition coefficient (Wildman–Crippen LogP) is 0.527. The lowest BCUT2D eigenvalue weighted by Crippen LogP contribution is -2.44. The zero-order valence-electron chi connectivity index (χ0n) is 5.60. The van der Waals surface area contributed by atoms with Gasteiger partial charge in [-0.3, -0.25) is 0 Å². The van der Waals surface area contributed by atoms with E-state index < -0.39 is 0 Å². The molecule has 1 N–H and O–H groups in total. The molecule has 0 aromatic rings. The van der Waals surface area contributed by atoms with Gasteiger partial charge in [0.05, 0.1) is 12.7 Å². The maximum absolute atomic E-state index is 5.54. The van der Waals surface area contributed by atoms with E-state index in [9.17, 15) is 0 Å². The number of hydrogen-bond donors (Lipinski definition) is 1. The van der Waals surface area contributed by atoms with Gasteiger partial charge in [0.15, 0.2) is 0 Å². The van der Waals surface area contributed by atoms with Gasteiger partial charge >= 0.3 is 0 Å². The van der Waals surface area contributed by atoms with Gasteiger partial charge in [0.25, 0.3) is 0 Å². The van der Waals surface area contributed by atoms with Gasteiger partial charge in [-0.1, -0.05) is 0 Å². The quantitative estimate of drug-likeness (QED) is 0.512. The fourth-order valence-corrected chi connectivity index (χ4v) is 1.81. The molecule has 2 heteroatoms. The highest BCUT2D eigenvalue weighted by Crippen LogP contribution is 2.23. The zero-order valence-corrected chi connectivity index (χ0v) is 5.60. The molecule has 2 aliphatic rings. The Morgan fingerprint density at radius 1 is 1.33 bits per heavy atom. The molecule has 0 aromatic heterocycles. The number of hydrogen-bond acceptors (Lipinski definition) is 2. The van der Waals surface area contributed by atoms with Crippen LogP contribution in [0.2, 0.25) is 0 Å². The SMILES string of the molecule is C1CC2NCCOC2C1. The van der Waals surface area contributed by atoms with Crippen LogP contribution >= 0.6 is 0 Å². The second-order valence-electron chi connectivity index (χ2n) is 2.90. The van der Waals surface area contributed by atoms with Crippen LogP contribution in [0.3, 0.4) is 0 Å². The molecule has 2 nitrogen and oxygen atoms in total. The highest BCUT2D eigenvalue weighted by Gasteiger charge is 2.29. The second-order valence-corrected chi connectivity index (χ2v) is 2.90. The van der Waals surface area contributed by atoms with Crippen molar-refractivity contribution >= 4 is 0 Å². The molecule has 2 atom stereocenters. The van der Waals surface area contributed by atoms with Crippen LogP contribution in [-0.4, -0.2) is 25.3 Å². The summed E-state index contributed by atoms with van der Waals surface area (Å²) >= 11 is 0. The van der Waals surface area contributed by atoms with Crippen molar-refractivity contribution < 1.29 is 4.74 Å². The summed E-state index contributed by atoms with van der Waals surface area (Å²) in [4.78, 5) is 0. The minimum atomic E-state index is 0.554. The predicted molar refractivity (Wildman–Crippen MR) is 35.4 cm³/mol. The van der Waals surface area contributed by atoms with Gasteiger partial charge in [0, 0.05) is 12.6 Å². The van der Waals surface area contributed by atoms with E-state index in [0.717, 1.165) is 13.2 Å². The molecule has 0 spiro atoms. The zero-order chi connectivity index (χ0) is 6.10. The normalized spacial score (nSPS) is 42.7. The van der Waals surface area contributed by atoms with Crippen molar-refractivity contribution in [2.75, 3.05) is 13.2 Å². The lowest BCUT2D eigenvalue weighted by atomic mass is 10.2. The second kappa shape index (κ2) is 2.27. The molecule has 2 rings (SSSR count). The van der Waals surface area contributed by atoms with Crippen molar-refractivity contribution in [3.05, 3.63) is 0 Å². The molecule has 52 valence electrons. The number of rotatable bonds is 0. The molecule has 1 heterocycles. The number of fused-ring (bicyclic) bond motifs is 1. The Morgan fingerprint density at radius 2 is 2.33 bits per heavy atom. The van der Waals surface area contributed by atoms with Crippen LogP contribution in [0.25, 0.3) is 0 Å².